The SMILES string of the molecule is CN(C)C(=O)C1CCN(Cc2nc(-c3ccc(Cl)cc3)no2)CC1. The van der Waals surface area contributed by atoms with Crippen molar-refractivity contribution in [3.05, 3.63) is 35.2 Å². The van der Waals surface area contributed by atoms with Crippen molar-refractivity contribution in [2.24, 2.45) is 5.92 Å². The molecule has 1 aliphatic rings. The number of carbonyl (C=O) groups is 1. The Kier molecular flexibility index (Phi) is 5.16. The van der Waals surface area contributed by atoms with E-state index in [1.54, 1.807) is 17.0 Å². The molecule has 0 bridgehead atoms. The lowest BCUT2D eigenvalue weighted by molar-refractivity contribution is -0.134. The van der Waals surface area contributed by atoms with Gasteiger partial charge in [0.2, 0.25) is 17.6 Å². The normalized spacial score (nSPS) is 16.3. The van der Waals surface area contributed by atoms with Crippen LogP contribution in [0.25, 0.3) is 11.4 Å². The largest absolute Gasteiger partial charge is 0.349 e. The highest BCUT2D eigenvalue weighted by atomic mass is 35.5. The monoisotopic (exact) mass is 348 g/mol. The summed E-state index contributed by atoms with van der Waals surface area (Å²) >= 11 is 5.89. The number of likely N-dealkylation sites (tertiary alicyclic amines) is 1. The zero-order valence-corrected chi connectivity index (χ0v) is 14.7. The molecule has 24 heavy (non-hydrogen) atoms. The Hall–Kier alpha value is -1.92. The molecule has 6 nitrogen and oxygen atoms in total. The number of carbonyl (C=O) groups excluding carboxylic acids is 1. The minimum Gasteiger partial charge on any atom is -0.349 e. The Bertz CT molecular complexity index is 691. The third kappa shape index (κ3) is 3.94. The van der Waals surface area contributed by atoms with Crippen LogP contribution in [0.15, 0.2) is 28.8 Å². The Morgan fingerprint density at radius 2 is 1.96 bits per heavy atom. The van der Waals surface area contributed by atoms with Gasteiger partial charge in [-0.2, -0.15) is 4.98 Å². The average molecular weight is 349 g/mol. The van der Waals surface area contributed by atoms with Gasteiger partial charge < -0.3 is 9.42 Å². The summed E-state index contributed by atoms with van der Waals surface area (Å²) in [7, 11) is 3.62. The van der Waals surface area contributed by atoms with E-state index >= 15 is 0 Å². The van der Waals surface area contributed by atoms with Gasteiger partial charge >= 0.3 is 0 Å². The molecule has 0 unspecified atom stereocenters. The maximum atomic E-state index is 12.0. The lowest BCUT2D eigenvalue weighted by Crippen LogP contribution is -2.39. The van der Waals surface area contributed by atoms with E-state index in [2.05, 4.69) is 15.0 Å². The van der Waals surface area contributed by atoms with Crippen LogP contribution in [0, 0.1) is 5.92 Å². The maximum absolute atomic E-state index is 12.0. The van der Waals surface area contributed by atoms with Crippen LogP contribution in [0.4, 0.5) is 0 Å². The van der Waals surface area contributed by atoms with E-state index < -0.39 is 0 Å². The number of hydrogen-bond donors (Lipinski definition) is 0. The summed E-state index contributed by atoms with van der Waals surface area (Å²) in [5, 5.41) is 4.71. The second kappa shape index (κ2) is 7.32. The highest BCUT2D eigenvalue weighted by molar-refractivity contribution is 6.30. The molecule has 3 rings (SSSR count). The maximum Gasteiger partial charge on any atom is 0.241 e. The van der Waals surface area contributed by atoms with E-state index in [4.69, 9.17) is 16.1 Å². The molecule has 0 saturated carbocycles. The summed E-state index contributed by atoms with van der Waals surface area (Å²) in [6.07, 6.45) is 1.74. The van der Waals surface area contributed by atoms with Crippen LogP contribution < -0.4 is 0 Å². The van der Waals surface area contributed by atoms with Gasteiger partial charge in [-0.3, -0.25) is 9.69 Å². The standard InChI is InChI=1S/C17H21ClN4O2/c1-21(2)17(23)13-7-9-22(10-8-13)11-15-19-16(20-24-15)12-3-5-14(18)6-4-12/h3-6,13H,7-11H2,1-2H3. The predicted octanol–water partition coefficient (Wildman–Crippen LogP) is 2.69. The number of amides is 1. The van der Waals surface area contributed by atoms with Gasteiger partial charge in [0, 0.05) is 30.6 Å². The van der Waals surface area contributed by atoms with Crippen LogP contribution in [0.1, 0.15) is 18.7 Å². The molecule has 1 aliphatic heterocycles. The molecule has 0 spiro atoms. The molecule has 0 aliphatic carbocycles. The van der Waals surface area contributed by atoms with E-state index in [0.717, 1.165) is 31.5 Å². The van der Waals surface area contributed by atoms with Crippen molar-refractivity contribution in [2.75, 3.05) is 27.2 Å². The lowest BCUT2D eigenvalue weighted by atomic mass is 9.95. The quantitative estimate of drug-likeness (QED) is 0.850. The van der Waals surface area contributed by atoms with Crippen LogP contribution in [0.5, 0.6) is 0 Å². The molecule has 0 atom stereocenters. The summed E-state index contributed by atoms with van der Waals surface area (Å²) in [6.45, 7) is 2.34. The van der Waals surface area contributed by atoms with Crippen LogP contribution in [0.2, 0.25) is 5.02 Å². The third-order valence-electron chi connectivity index (χ3n) is 4.31. The molecular formula is C17H21ClN4O2. The Balaban J connectivity index is 1.56. The van der Waals surface area contributed by atoms with Gasteiger partial charge in [0.05, 0.1) is 6.54 Å². The number of rotatable bonds is 4. The van der Waals surface area contributed by atoms with Crippen molar-refractivity contribution >= 4 is 17.5 Å². The van der Waals surface area contributed by atoms with Gasteiger partial charge in [0.1, 0.15) is 0 Å². The number of halogens is 1. The molecule has 1 fully saturated rings. The second-order valence-electron chi connectivity index (χ2n) is 6.30. The third-order valence-corrected chi connectivity index (χ3v) is 4.56. The molecular weight excluding hydrogens is 328 g/mol. The molecule has 2 heterocycles. The molecule has 1 amide bonds. The number of benzene rings is 1. The molecule has 0 radical (unpaired) electrons. The Morgan fingerprint density at radius 1 is 1.29 bits per heavy atom. The smallest absolute Gasteiger partial charge is 0.241 e. The highest BCUT2D eigenvalue weighted by Gasteiger charge is 2.26. The minimum atomic E-state index is 0.128. The zero-order chi connectivity index (χ0) is 17.1. The van der Waals surface area contributed by atoms with Crippen LogP contribution in [0.3, 0.4) is 0 Å². The fraction of sp³-hybridized carbons (Fsp3) is 0.471. The summed E-state index contributed by atoms with van der Waals surface area (Å²) in [6, 6.07) is 7.35. The zero-order valence-electron chi connectivity index (χ0n) is 13.9. The van der Waals surface area contributed by atoms with Gasteiger partial charge in [-0.05, 0) is 50.2 Å². The highest BCUT2D eigenvalue weighted by Crippen LogP contribution is 2.22. The molecule has 1 aromatic heterocycles. The van der Waals surface area contributed by atoms with Crippen LogP contribution >= 0.6 is 11.6 Å². The fourth-order valence-electron chi connectivity index (χ4n) is 2.93. The van der Waals surface area contributed by atoms with Crippen molar-refractivity contribution < 1.29 is 9.32 Å². The first kappa shape index (κ1) is 16.9. The molecule has 2 aromatic rings. The van der Waals surface area contributed by atoms with E-state index in [0.29, 0.717) is 23.3 Å². The fourth-order valence-corrected chi connectivity index (χ4v) is 3.06. The molecule has 128 valence electrons. The van der Waals surface area contributed by atoms with Gasteiger partial charge in [-0.25, -0.2) is 0 Å². The first-order valence-electron chi connectivity index (χ1n) is 8.05. The number of aromatic nitrogens is 2. The topological polar surface area (TPSA) is 62.5 Å². The Labute approximate surface area is 146 Å². The van der Waals surface area contributed by atoms with Gasteiger partial charge in [-0.15, -0.1) is 0 Å². The number of nitrogens with zero attached hydrogens (tertiary/aromatic N) is 4. The van der Waals surface area contributed by atoms with Gasteiger partial charge in [0.15, 0.2) is 0 Å². The van der Waals surface area contributed by atoms with Gasteiger partial charge in [0.25, 0.3) is 0 Å². The number of piperidine rings is 1. The van der Waals surface area contributed by atoms with Crippen molar-refractivity contribution in [1.29, 1.82) is 0 Å². The van der Waals surface area contributed by atoms with Crippen molar-refractivity contribution in [1.82, 2.24) is 19.9 Å². The Morgan fingerprint density at radius 3 is 2.58 bits per heavy atom. The lowest BCUT2D eigenvalue weighted by Gasteiger charge is -2.31. The first-order chi connectivity index (χ1) is 11.5. The molecule has 7 heteroatoms. The predicted molar refractivity (Wildman–Crippen MR) is 91.4 cm³/mol. The molecule has 1 aromatic carbocycles. The van der Waals surface area contributed by atoms with E-state index in [-0.39, 0.29) is 11.8 Å². The minimum absolute atomic E-state index is 0.128. The van der Waals surface area contributed by atoms with E-state index in [9.17, 15) is 4.79 Å². The number of hydrogen-bond acceptors (Lipinski definition) is 5. The van der Waals surface area contributed by atoms with Crippen LogP contribution in [-0.2, 0) is 11.3 Å². The van der Waals surface area contributed by atoms with Crippen molar-refractivity contribution in [2.45, 2.75) is 19.4 Å². The second-order valence-corrected chi connectivity index (χ2v) is 6.74. The van der Waals surface area contributed by atoms with Crippen LogP contribution in [-0.4, -0.2) is 53.0 Å². The van der Waals surface area contributed by atoms with Crippen molar-refractivity contribution in [3.63, 3.8) is 0 Å². The molecule has 1 saturated heterocycles. The van der Waals surface area contributed by atoms with Gasteiger partial charge in [-0.1, -0.05) is 16.8 Å². The van der Waals surface area contributed by atoms with Crippen molar-refractivity contribution in [3.8, 4) is 11.4 Å². The first-order valence-corrected chi connectivity index (χ1v) is 8.43. The summed E-state index contributed by atoms with van der Waals surface area (Å²) in [5.41, 5.74) is 0.879. The molecule has 0 N–H and O–H groups in total. The summed E-state index contributed by atoms with van der Waals surface area (Å²) in [5.74, 6) is 1.51. The average Bonchev–Trinajstić information content (AvgIpc) is 3.04. The van der Waals surface area contributed by atoms with E-state index in [1.807, 2.05) is 26.2 Å². The summed E-state index contributed by atoms with van der Waals surface area (Å²) < 4.78 is 5.35. The summed E-state index contributed by atoms with van der Waals surface area (Å²) in [4.78, 5) is 20.4. The van der Waals surface area contributed by atoms with E-state index in [1.165, 1.54) is 0 Å².